The van der Waals surface area contributed by atoms with Gasteiger partial charge >= 0.3 is 0 Å². The number of carbonyl (C=O) groups is 2. The van der Waals surface area contributed by atoms with Gasteiger partial charge in [-0.25, -0.2) is 8.42 Å². The van der Waals surface area contributed by atoms with E-state index in [1.54, 1.807) is 62.4 Å². The number of aryl methyl sites for hydroxylation is 2. The van der Waals surface area contributed by atoms with Gasteiger partial charge in [0.1, 0.15) is 12.6 Å². The van der Waals surface area contributed by atoms with Crippen LogP contribution in [0.2, 0.25) is 10.0 Å². The van der Waals surface area contributed by atoms with Crippen LogP contribution in [0.3, 0.4) is 0 Å². The summed E-state index contributed by atoms with van der Waals surface area (Å²) >= 11 is 12.3. The quantitative estimate of drug-likeness (QED) is 0.291. The number of hydrogen-bond acceptors (Lipinski definition) is 4. The lowest BCUT2D eigenvalue weighted by atomic mass is 10.1. The van der Waals surface area contributed by atoms with Gasteiger partial charge in [0.05, 0.1) is 10.6 Å². The van der Waals surface area contributed by atoms with Crippen molar-refractivity contribution in [2.24, 2.45) is 5.92 Å². The van der Waals surface area contributed by atoms with Gasteiger partial charge in [-0.1, -0.05) is 72.9 Å². The summed E-state index contributed by atoms with van der Waals surface area (Å²) in [6.45, 7) is 9.19. The Morgan fingerprint density at radius 1 is 0.875 bits per heavy atom. The van der Waals surface area contributed by atoms with Crippen LogP contribution in [0.25, 0.3) is 0 Å². The molecular formula is C30H35Cl2N3O4S. The number of sulfonamides is 1. The number of benzene rings is 3. The normalized spacial score (nSPS) is 12.2. The molecule has 3 rings (SSSR count). The van der Waals surface area contributed by atoms with Crippen LogP contribution < -0.4 is 9.62 Å². The van der Waals surface area contributed by atoms with Crippen LogP contribution in [0, 0.1) is 19.8 Å². The maximum absolute atomic E-state index is 14.0. The zero-order valence-electron chi connectivity index (χ0n) is 23.3. The molecule has 0 spiro atoms. The molecule has 3 aromatic rings. The van der Waals surface area contributed by atoms with Crippen molar-refractivity contribution in [3.8, 4) is 0 Å². The highest BCUT2D eigenvalue weighted by Crippen LogP contribution is 2.30. The Labute approximate surface area is 247 Å². The van der Waals surface area contributed by atoms with Crippen LogP contribution in [0.1, 0.15) is 37.5 Å². The van der Waals surface area contributed by atoms with Gasteiger partial charge in [-0.05, 0) is 74.2 Å². The van der Waals surface area contributed by atoms with Gasteiger partial charge in [-0.15, -0.1) is 0 Å². The maximum atomic E-state index is 14.0. The summed E-state index contributed by atoms with van der Waals surface area (Å²) in [6, 6.07) is 17.4. The first kappa shape index (κ1) is 31.5. The van der Waals surface area contributed by atoms with Gasteiger partial charge in [0, 0.05) is 23.1 Å². The van der Waals surface area contributed by atoms with Crippen LogP contribution in [0.5, 0.6) is 0 Å². The molecule has 1 N–H and O–H groups in total. The summed E-state index contributed by atoms with van der Waals surface area (Å²) < 4.78 is 29.0. The fraction of sp³-hybridized carbons (Fsp3) is 0.333. The Bertz CT molecular complexity index is 1440. The average molecular weight is 605 g/mol. The Balaban J connectivity index is 2.05. The number of anilines is 1. The smallest absolute Gasteiger partial charge is 0.264 e. The summed E-state index contributed by atoms with van der Waals surface area (Å²) in [6.07, 6.45) is 0. The molecule has 0 fully saturated rings. The fourth-order valence-electron chi connectivity index (χ4n) is 4.02. The lowest BCUT2D eigenvalue weighted by molar-refractivity contribution is -0.139. The lowest BCUT2D eigenvalue weighted by Crippen LogP contribution is -2.51. The lowest BCUT2D eigenvalue weighted by Gasteiger charge is -2.32. The van der Waals surface area contributed by atoms with Crippen molar-refractivity contribution >= 4 is 50.7 Å². The van der Waals surface area contributed by atoms with Crippen LogP contribution >= 0.6 is 23.2 Å². The minimum Gasteiger partial charge on any atom is -0.354 e. The topological polar surface area (TPSA) is 86.8 Å². The Morgan fingerprint density at radius 3 is 2.08 bits per heavy atom. The molecule has 2 amide bonds. The van der Waals surface area contributed by atoms with E-state index in [1.165, 1.54) is 23.1 Å². The van der Waals surface area contributed by atoms with Crippen LogP contribution in [0.15, 0.2) is 71.6 Å². The molecular weight excluding hydrogens is 569 g/mol. The Hall–Kier alpha value is -3.07. The third-order valence-corrected chi connectivity index (χ3v) is 8.71. The van der Waals surface area contributed by atoms with Gasteiger partial charge in [0.2, 0.25) is 11.8 Å². The molecule has 0 radical (unpaired) electrons. The molecule has 0 saturated carbocycles. The van der Waals surface area contributed by atoms with Crippen molar-refractivity contribution < 1.29 is 18.0 Å². The predicted molar refractivity (Wildman–Crippen MR) is 161 cm³/mol. The van der Waals surface area contributed by atoms with E-state index in [9.17, 15) is 18.0 Å². The van der Waals surface area contributed by atoms with E-state index in [-0.39, 0.29) is 29.0 Å². The van der Waals surface area contributed by atoms with Gasteiger partial charge < -0.3 is 10.2 Å². The summed E-state index contributed by atoms with van der Waals surface area (Å²) in [5, 5.41) is 3.74. The summed E-state index contributed by atoms with van der Waals surface area (Å²) in [5.74, 6) is -0.655. The second kappa shape index (κ2) is 13.5. The highest BCUT2D eigenvalue weighted by molar-refractivity contribution is 7.92. The van der Waals surface area contributed by atoms with E-state index >= 15 is 0 Å². The molecule has 3 aromatic carbocycles. The zero-order valence-corrected chi connectivity index (χ0v) is 25.6. The number of hydrogen-bond donors (Lipinski definition) is 1. The molecule has 0 heterocycles. The molecule has 0 aromatic heterocycles. The van der Waals surface area contributed by atoms with E-state index < -0.39 is 28.5 Å². The van der Waals surface area contributed by atoms with Gasteiger partial charge in [-0.3, -0.25) is 13.9 Å². The first-order chi connectivity index (χ1) is 18.8. The SMILES string of the molecule is Cc1ccc(S(=O)(=O)N(CC(=O)N(Cc2ccc(Cl)cc2)C(C)C(=O)NCC(C)C)c2cc(Cl)ccc2C)cc1. The van der Waals surface area contributed by atoms with Crippen molar-refractivity contribution in [2.45, 2.75) is 52.1 Å². The van der Waals surface area contributed by atoms with Crippen LogP contribution in [-0.2, 0) is 26.2 Å². The molecule has 10 heteroatoms. The number of nitrogens with zero attached hydrogens (tertiary/aromatic N) is 2. The number of rotatable bonds is 11. The van der Waals surface area contributed by atoms with Gasteiger partial charge in [0.15, 0.2) is 0 Å². The Morgan fingerprint density at radius 2 is 1.48 bits per heavy atom. The second-order valence-corrected chi connectivity index (χ2v) is 13.0. The number of halogens is 2. The molecule has 7 nitrogen and oxygen atoms in total. The predicted octanol–water partition coefficient (Wildman–Crippen LogP) is 6.00. The third-order valence-electron chi connectivity index (χ3n) is 6.45. The minimum atomic E-state index is -4.18. The number of carbonyl (C=O) groups excluding carboxylic acids is 2. The van der Waals surface area contributed by atoms with Crippen molar-refractivity contribution in [3.63, 3.8) is 0 Å². The molecule has 0 aliphatic carbocycles. The summed E-state index contributed by atoms with van der Waals surface area (Å²) in [4.78, 5) is 28.5. The fourth-order valence-corrected chi connectivity index (χ4v) is 5.79. The van der Waals surface area contributed by atoms with E-state index in [2.05, 4.69) is 5.32 Å². The molecule has 0 aliphatic rings. The van der Waals surface area contributed by atoms with Crippen LogP contribution in [0.4, 0.5) is 5.69 Å². The van der Waals surface area contributed by atoms with Crippen LogP contribution in [-0.4, -0.2) is 44.3 Å². The van der Waals surface area contributed by atoms with Gasteiger partial charge in [0.25, 0.3) is 10.0 Å². The molecule has 0 aliphatic heterocycles. The van der Waals surface area contributed by atoms with Crippen molar-refractivity contribution in [1.82, 2.24) is 10.2 Å². The largest absolute Gasteiger partial charge is 0.354 e. The molecule has 40 heavy (non-hydrogen) atoms. The summed E-state index contributed by atoms with van der Waals surface area (Å²) in [5.41, 5.74) is 2.55. The zero-order chi connectivity index (χ0) is 29.6. The number of amides is 2. The molecule has 0 saturated heterocycles. The highest BCUT2D eigenvalue weighted by Gasteiger charge is 2.33. The first-order valence-corrected chi connectivity index (χ1v) is 15.2. The second-order valence-electron chi connectivity index (χ2n) is 10.2. The highest BCUT2D eigenvalue weighted by atomic mass is 35.5. The molecule has 1 unspecified atom stereocenters. The minimum absolute atomic E-state index is 0.0391. The molecule has 0 bridgehead atoms. The molecule has 214 valence electrons. The van der Waals surface area contributed by atoms with E-state index in [0.29, 0.717) is 22.2 Å². The van der Waals surface area contributed by atoms with Crippen molar-refractivity contribution in [3.05, 3.63) is 93.5 Å². The van der Waals surface area contributed by atoms with Crippen molar-refractivity contribution in [1.29, 1.82) is 0 Å². The third kappa shape index (κ3) is 7.99. The number of nitrogens with one attached hydrogen (secondary N) is 1. The average Bonchev–Trinajstić information content (AvgIpc) is 2.91. The van der Waals surface area contributed by atoms with E-state index in [1.807, 2.05) is 20.8 Å². The van der Waals surface area contributed by atoms with Crippen molar-refractivity contribution in [2.75, 3.05) is 17.4 Å². The molecule has 1 atom stereocenters. The Kier molecular flexibility index (Phi) is 10.6. The van der Waals surface area contributed by atoms with E-state index in [4.69, 9.17) is 23.2 Å². The van der Waals surface area contributed by atoms with E-state index in [0.717, 1.165) is 15.4 Å². The monoisotopic (exact) mass is 603 g/mol. The first-order valence-electron chi connectivity index (χ1n) is 13.0. The standard InChI is InChI=1S/C30H35Cl2N3O4S/c1-20(2)17-33-30(37)23(5)34(18-24-9-12-25(31)13-10-24)29(36)19-35(28-16-26(32)11-8-22(28)4)40(38,39)27-14-6-21(3)7-15-27/h6-16,20,23H,17-19H2,1-5H3,(H,33,37). The summed E-state index contributed by atoms with van der Waals surface area (Å²) in [7, 11) is -4.18. The van der Waals surface area contributed by atoms with Gasteiger partial charge in [-0.2, -0.15) is 0 Å². The maximum Gasteiger partial charge on any atom is 0.264 e.